The third-order valence-electron chi connectivity index (χ3n) is 3.95. The van der Waals surface area contributed by atoms with Crippen LogP contribution >= 0.6 is 21.6 Å². The Morgan fingerprint density at radius 3 is 2.29 bits per heavy atom. The largest absolute Gasteiger partial charge is 0.481 e. The van der Waals surface area contributed by atoms with Gasteiger partial charge in [0.05, 0.1) is 5.75 Å². The number of nitrogens with one attached hydrogen (secondary N) is 2. The molecule has 3 N–H and O–H groups in total. The van der Waals surface area contributed by atoms with Gasteiger partial charge in [-0.1, -0.05) is 45.9 Å². The molecule has 13 heteroatoms. The molecule has 2 amide bonds. The molecule has 2 rings (SSSR count). The number of terminal acetylenes is 1. The van der Waals surface area contributed by atoms with Crippen LogP contribution in [0.15, 0.2) is 34.5 Å². The van der Waals surface area contributed by atoms with Gasteiger partial charge >= 0.3 is 17.8 Å². The number of halogens is 3. The van der Waals surface area contributed by atoms with Gasteiger partial charge in [-0.3, -0.25) is 14.4 Å². The third-order valence-corrected chi connectivity index (χ3v) is 6.07. The summed E-state index contributed by atoms with van der Waals surface area (Å²) in [5.41, 5.74) is -2.09. The summed E-state index contributed by atoms with van der Waals surface area (Å²) in [5, 5.41) is 19.8. The number of carboxylic acids is 1. The number of carbonyl (C=O) groups excluding carboxylic acids is 2. The fourth-order valence-corrected chi connectivity index (χ4v) is 3.94. The summed E-state index contributed by atoms with van der Waals surface area (Å²) >= 11 is 0. The number of carboxylic acid groups (broad SMARTS) is 1. The van der Waals surface area contributed by atoms with E-state index in [-0.39, 0.29) is 30.0 Å². The monoisotopic (exact) mass is 474 g/mol. The second-order valence-corrected chi connectivity index (χ2v) is 8.69. The van der Waals surface area contributed by atoms with E-state index in [0.29, 0.717) is 5.56 Å². The molecule has 0 saturated heterocycles. The Hall–Kier alpha value is -2.72. The van der Waals surface area contributed by atoms with E-state index in [1.54, 1.807) is 0 Å². The lowest BCUT2D eigenvalue weighted by Gasteiger charge is -2.17. The zero-order valence-corrected chi connectivity index (χ0v) is 17.4. The number of rotatable bonds is 11. The fraction of sp³-hybridized carbons (Fsp3) is 0.389. The Bertz CT molecular complexity index is 895. The van der Waals surface area contributed by atoms with Crippen LogP contribution in [-0.2, 0) is 26.6 Å². The highest BCUT2D eigenvalue weighted by molar-refractivity contribution is 8.77. The Labute approximate surface area is 183 Å². The van der Waals surface area contributed by atoms with Crippen LogP contribution < -0.4 is 10.6 Å². The van der Waals surface area contributed by atoms with Crippen molar-refractivity contribution in [3.8, 4) is 12.3 Å². The molecule has 1 aliphatic rings. The van der Waals surface area contributed by atoms with Crippen LogP contribution in [0.2, 0.25) is 0 Å². The molecular weight excluding hydrogens is 457 g/mol. The summed E-state index contributed by atoms with van der Waals surface area (Å²) in [6.07, 6.45) is 0.552. The molecule has 1 atom stereocenters. The highest BCUT2D eigenvalue weighted by atomic mass is 33.1. The summed E-state index contributed by atoms with van der Waals surface area (Å²) in [6.45, 7) is 0.00652. The van der Waals surface area contributed by atoms with Gasteiger partial charge in [-0.2, -0.15) is 13.2 Å². The van der Waals surface area contributed by atoms with Gasteiger partial charge in [-0.15, -0.1) is 22.6 Å². The second kappa shape index (κ2) is 10.5. The minimum absolute atomic E-state index is 0.00652. The molecular formula is C18H17F3N4O4S2. The lowest BCUT2D eigenvalue weighted by molar-refractivity contribution is -0.166. The Morgan fingerprint density at radius 2 is 1.77 bits per heavy atom. The van der Waals surface area contributed by atoms with Crippen molar-refractivity contribution >= 4 is 39.4 Å². The molecule has 0 radical (unpaired) electrons. The number of alkyl halides is 3. The van der Waals surface area contributed by atoms with Gasteiger partial charge in [-0.05, 0) is 5.56 Å². The molecule has 1 heterocycles. The van der Waals surface area contributed by atoms with Crippen molar-refractivity contribution in [1.82, 2.24) is 10.6 Å². The van der Waals surface area contributed by atoms with E-state index in [1.165, 1.54) is 24.3 Å². The first kappa shape index (κ1) is 24.5. The maximum absolute atomic E-state index is 13.0. The summed E-state index contributed by atoms with van der Waals surface area (Å²) < 4.78 is 39.0. The van der Waals surface area contributed by atoms with Crippen molar-refractivity contribution in [2.24, 2.45) is 10.2 Å². The Kier molecular flexibility index (Phi) is 8.35. The van der Waals surface area contributed by atoms with Crippen molar-refractivity contribution in [2.45, 2.75) is 30.8 Å². The molecule has 1 aromatic carbocycles. The summed E-state index contributed by atoms with van der Waals surface area (Å²) in [7, 11) is 2.01. The molecule has 0 aromatic heterocycles. The second-order valence-electron chi connectivity index (χ2n) is 6.23. The zero-order chi connectivity index (χ0) is 23.1. The van der Waals surface area contributed by atoms with Crippen LogP contribution in [0.25, 0.3) is 0 Å². The van der Waals surface area contributed by atoms with E-state index in [0.717, 1.165) is 21.6 Å². The van der Waals surface area contributed by atoms with Crippen molar-refractivity contribution in [1.29, 1.82) is 0 Å². The Morgan fingerprint density at radius 1 is 1.16 bits per heavy atom. The maximum atomic E-state index is 13.0. The van der Waals surface area contributed by atoms with Crippen LogP contribution in [-0.4, -0.2) is 46.6 Å². The molecule has 1 aliphatic heterocycles. The van der Waals surface area contributed by atoms with Gasteiger partial charge in [0.15, 0.2) is 0 Å². The molecule has 0 spiro atoms. The highest BCUT2D eigenvalue weighted by Gasteiger charge is 2.65. The highest BCUT2D eigenvalue weighted by Crippen LogP contribution is 2.52. The Balaban J connectivity index is 1.85. The zero-order valence-electron chi connectivity index (χ0n) is 15.8. The number of benzene rings is 1. The van der Waals surface area contributed by atoms with Crippen LogP contribution in [0, 0.1) is 12.3 Å². The maximum Gasteiger partial charge on any atom is 0.442 e. The number of hydrogen-bond donors (Lipinski definition) is 3. The first-order valence-electron chi connectivity index (χ1n) is 8.66. The lowest BCUT2D eigenvalue weighted by Crippen LogP contribution is -2.46. The van der Waals surface area contributed by atoms with E-state index in [9.17, 15) is 27.6 Å². The van der Waals surface area contributed by atoms with Crippen LogP contribution in [0.4, 0.5) is 13.2 Å². The average Bonchev–Trinajstić information content (AvgIpc) is 3.51. The van der Waals surface area contributed by atoms with E-state index in [2.05, 4.69) is 26.8 Å². The number of amides is 2. The number of carbonyl (C=O) groups is 3. The van der Waals surface area contributed by atoms with Crippen molar-refractivity contribution in [3.05, 3.63) is 35.4 Å². The van der Waals surface area contributed by atoms with Gasteiger partial charge in [0.1, 0.15) is 11.8 Å². The molecule has 0 aliphatic carbocycles. The smallest absolute Gasteiger partial charge is 0.442 e. The van der Waals surface area contributed by atoms with Gasteiger partial charge in [0.2, 0.25) is 11.8 Å². The molecule has 0 saturated carbocycles. The SMILES string of the molecule is C#CCC(NC(=O)CSSCC(=O)O)C(=O)NCc1ccc(C2(C(F)(F)F)N=N2)cc1. The van der Waals surface area contributed by atoms with Crippen LogP contribution in [0.3, 0.4) is 0 Å². The molecule has 1 unspecified atom stereocenters. The van der Waals surface area contributed by atoms with Crippen molar-refractivity contribution in [2.75, 3.05) is 11.5 Å². The van der Waals surface area contributed by atoms with Gasteiger partial charge in [0, 0.05) is 18.5 Å². The summed E-state index contributed by atoms with van der Waals surface area (Å²) in [5.74, 6) is -0.00305. The minimum Gasteiger partial charge on any atom is -0.481 e. The van der Waals surface area contributed by atoms with Crippen molar-refractivity contribution < 1.29 is 32.7 Å². The quantitative estimate of drug-likeness (QED) is 0.257. The van der Waals surface area contributed by atoms with Crippen LogP contribution in [0.1, 0.15) is 17.5 Å². The first-order valence-corrected chi connectivity index (χ1v) is 11.1. The van der Waals surface area contributed by atoms with E-state index < -0.39 is 35.7 Å². The predicted molar refractivity (Wildman–Crippen MR) is 109 cm³/mol. The average molecular weight is 474 g/mol. The van der Waals surface area contributed by atoms with Gasteiger partial charge in [0.25, 0.3) is 0 Å². The van der Waals surface area contributed by atoms with Gasteiger partial charge in [-0.25, -0.2) is 0 Å². The number of hydrogen-bond acceptors (Lipinski definition) is 7. The predicted octanol–water partition coefficient (Wildman–Crippen LogP) is 2.46. The van der Waals surface area contributed by atoms with Crippen LogP contribution in [0.5, 0.6) is 0 Å². The van der Waals surface area contributed by atoms with E-state index in [4.69, 9.17) is 11.5 Å². The molecule has 1 aromatic rings. The molecule has 8 nitrogen and oxygen atoms in total. The third kappa shape index (κ3) is 6.90. The minimum atomic E-state index is -4.62. The molecule has 166 valence electrons. The topological polar surface area (TPSA) is 120 Å². The van der Waals surface area contributed by atoms with E-state index >= 15 is 0 Å². The first-order chi connectivity index (χ1) is 14.6. The summed E-state index contributed by atoms with van der Waals surface area (Å²) in [4.78, 5) is 34.7. The number of nitrogens with zero attached hydrogens (tertiary/aromatic N) is 2. The number of aliphatic carboxylic acids is 1. The van der Waals surface area contributed by atoms with Crippen molar-refractivity contribution in [3.63, 3.8) is 0 Å². The fourth-order valence-electron chi connectivity index (χ4n) is 2.36. The molecule has 31 heavy (non-hydrogen) atoms. The van der Waals surface area contributed by atoms with Gasteiger partial charge < -0.3 is 15.7 Å². The van der Waals surface area contributed by atoms with E-state index in [1.807, 2.05) is 0 Å². The molecule has 0 fully saturated rings. The summed E-state index contributed by atoms with van der Waals surface area (Å²) in [6, 6.07) is 4.30. The standard InChI is InChI=1S/C18H17F3N4O4S2/c1-2-3-13(23-14(26)9-30-31-10-15(27)28)16(29)22-8-11-4-6-12(7-5-11)17(24-25-17)18(19,20)21/h1,4-7,13H,3,8-10H2,(H,22,29)(H,23,26)(H,27,28). The normalized spacial score (nSPS) is 14.9. The molecule has 0 bridgehead atoms. The lowest BCUT2D eigenvalue weighted by atomic mass is 10.0.